The molecular formula is C14H24F3NO. The van der Waals surface area contributed by atoms with E-state index in [1.54, 1.807) is 7.11 Å². The van der Waals surface area contributed by atoms with E-state index in [0.29, 0.717) is 12.8 Å². The van der Waals surface area contributed by atoms with Gasteiger partial charge in [0.2, 0.25) is 0 Å². The first kappa shape index (κ1) is 15.1. The van der Waals surface area contributed by atoms with Crippen LogP contribution in [0.2, 0.25) is 0 Å². The summed E-state index contributed by atoms with van der Waals surface area (Å²) in [5.74, 6) is -1.16. The second-order valence-corrected chi connectivity index (χ2v) is 5.93. The molecule has 0 aromatic heterocycles. The van der Waals surface area contributed by atoms with Crippen molar-refractivity contribution in [2.24, 2.45) is 5.92 Å². The zero-order chi connectivity index (χ0) is 13.9. The van der Waals surface area contributed by atoms with Gasteiger partial charge in [0.1, 0.15) is 0 Å². The molecule has 2 fully saturated rings. The fraction of sp³-hybridized carbons (Fsp3) is 1.00. The van der Waals surface area contributed by atoms with Crippen LogP contribution in [-0.4, -0.2) is 31.5 Å². The van der Waals surface area contributed by atoms with E-state index in [-0.39, 0.29) is 18.6 Å². The van der Waals surface area contributed by atoms with Crippen molar-refractivity contribution in [1.29, 1.82) is 0 Å². The molecule has 0 spiro atoms. The number of hydrogen-bond donors (Lipinski definition) is 1. The zero-order valence-electron chi connectivity index (χ0n) is 11.5. The van der Waals surface area contributed by atoms with Gasteiger partial charge in [-0.1, -0.05) is 12.8 Å². The standard InChI is InChI=1S/C14H24F3NO/c1-19-11-6-4-5-10(9-11)18-13-8-3-2-7-12(13)14(15,16)17/h10-13,18H,2-9H2,1H3. The van der Waals surface area contributed by atoms with Crippen molar-refractivity contribution in [2.75, 3.05) is 7.11 Å². The maximum Gasteiger partial charge on any atom is 0.393 e. The number of alkyl halides is 3. The Morgan fingerprint density at radius 1 is 1.00 bits per heavy atom. The lowest BCUT2D eigenvalue weighted by molar-refractivity contribution is -0.189. The van der Waals surface area contributed by atoms with Crippen molar-refractivity contribution < 1.29 is 17.9 Å². The Morgan fingerprint density at radius 3 is 2.42 bits per heavy atom. The number of ether oxygens (including phenoxy) is 1. The lowest BCUT2D eigenvalue weighted by atomic mass is 9.82. The Bertz CT molecular complexity index is 282. The molecule has 0 bridgehead atoms. The van der Waals surface area contributed by atoms with Crippen LogP contribution in [0.3, 0.4) is 0 Å². The molecular weight excluding hydrogens is 255 g/mol. The topological polar surface area (TPSA) is 21.3 Å². The minimum Gasteiger partial charge on any atom is -0.381 e. The molecule has 0 aromatic rings. The second kappa shape index (κ2) is 6.44. The van der Waals surface area contributed by atoms with Crippen molar-refractivity contribution in [3.05, 3.63) is 0 Å². The van der Waals surface area contributed by atoms with Crippen molar-refractivity contribution in [3.8, 4) is 0 Å². The Hall–Kier alpha value is -0.290. The summed E-state index contributed by atoms with van der Waals surface area (Å²) in [7, 11) is 1.69. The van der Waals surface area contributed by atoms with Gasteiger partial charge in [0, 0.05) is 19.2 Å². The van der Waals surface area contributed by atoms with E-state index < -0.39 is 18.1 Å². The summed E-state index contributed by atoms with van der Waals surface area (Å²) in [6, 6.07) is -0.207. The summed E-state index contributed by atoms with van der Waals surface area (Å²) in [5.41, 5.74) is 0. The Kier molecular flexibility index (Phi) is 5.12. The highest BCUT2D eigenvalue weighted by atomic mass is 19.4. The van der Waals surface area contributed by atoms with Crippen molar-refractivity contribution >= 4 is 0 Å². The molecule has 2 aliphatic carbocycles. The van der Waals surface area contributed by atoms with Crippen LogP contribution in [0.5, 0.6) is 0 Å². The van der Waals surface area contributed by atoms with E-state index in [0.717, 1.165) is 32.1 Å². The Labute approximate surface area is 113 Å². The number of halogens is 3. The van der Waals surface area contributed by atoms with Gasteiger partial charge in [-0.15, -0.1) is 0 Å². The van der Waals surface area contributed by atoms with E-state index in [4.69, 9.17) is 4.74 Å². The predicted molar refractivity (Wildman–Crippen MR) is 68.0 cm³/mol. The molecule has 112 valence electrons. The highest BCUT2D eigenvalue weighted by molar-refractivity contribution is 4.89. The van der Waals surface area contributed by atoms with E-state index in [9.17, 15) is 13.2 Å². The summed E-state index contributed by atoms with van der Waals surface area (Å²) in [4.78, 5) is 0. The van der Waals surface area contributed by atoms with Gasteiger partial charge in [-0.2, -0.15) is 13.2 Å². The number of hydrogen-bond acceptors (Lipinski definition) is 2. The summed E-state index contributed by atoms with van der Waals surface area (Å²) in [6.45, 7) is 0. The van der Waals surface area contributed by atoms with Crippen LogP contribution in [0.15, 0.2) is 0 Å². The molecule has 0 heterocycles. The minimum absolute atomic E-state index is 0.187. The highest BCUT2D eigenvalue weighted by Gasteiger charge is 2.46. The predicted octanol–water partition coefficient (Wildman–Crippen LogP) is 3.65. The van der Waals surface area contributed by atoms with Crippen molar-refractivity contribution in [3.63, 3.8) is 0 Å². The third-order valence-corrected chi connectivity index (χ3v) is 4.60. The molecule has 4 unspecified atom stereocenters. The van der Waals surface area contributed by atoms with Crippen LogP contribution in [-0.2, 0) is 4.74 Å². The SMILES string of the molecule is COC1CCCC(NC2CCCCC2C(F)(F)F)C1. The van der Waals surface area contributed by atoms with Gasteiger partial charge in [-0.3, -0.25) is 0 Å². The lowest BCUT2D eigenvalue weighted by Crippen LogP contribution is -2.50. The molecule has 2 saturated carbocycles. The van der Waals surface area contributed by atoms with Gasteiger partial charge in [-0.05, 0) is 38.5 Å². The quantitative estimate of drug-likeness (QED) is 0.851. The first-order valence-electron chi connectivity index (χ1n) is 7.36. The van der Waals surface area contributed by atoms with Crippen LogP contribution >= 0.6 is 0 Å². The largest absolute Gasteiger partial charge is 0.393 e. The molecule has 19 heavy (non-hydrogen) atoms. The summed E-state index contributed by atoms with van der Waals surface area (Å²) in [6.07, 6.45) is 2.57. The van der Waals surface area contributed by atoms with E-state index in [2.05, 4.69) is 5.32 Å². The van der Waals surface area contributed by atoms with Gasteiger partial charge in [0.15, 0.2) is 0 Å². The van der Waals surface area contributed by atoms with Crippen LogP contribution < -0.4 is 5.32 Å². The first-order valence-corrected chi connectivity index (χ1v) is 7.36. The van der Waals surface area contributed by atoms with Gasteiger partial charge in [-0.25, -0.2) is 0 Å². The Balaban J connectivity index is 1.92. The van der Waals surface area contributed by atoms with Gasteiger partial charge < -0.3 is 10.1 Å². The molecule has 2 rings (SSSR count). The zero-order valence-corrected chi connectivity index (χ0v) is 11.5. The average Bonchev–Trinajstić information content (AvgIpc) is 2.38. The molecule has 4 atom stereocenters. The monoisotopic (exact) mass is 279 g/mol. The Morgan fingerprint density at radius 2 is 1.74 bits per heavy atom. The highest BCUT2D eigenvalue weighted by Crippen LogP contribution is 2.38. The van der Waals surface area contributed by atoms with Gasteiger partial charge in [0.05, 0.1) is 12.0 Å². The fourth-order valence-electron chi connectivity index (χ4n) is 3.54. The summed E-state index contributed by atoms with van der Waals surface area (Å²) < 4.78 is 44.4. The van der Waals surface area contributed by atoms with Crippen LogP contribution in [0.1, 0.15) is 51.4 Å². The average molecular weight is 279 g/mol. The molecule has 0 amide bonds. The normalized spacial score (nSPS) is 37.3. The summed E-state index contributed by atoms with van der Waals surface area (Å²) >= 11 is 0. The van der Waals surface area contributed by atoms with Crippen LogP contribution in [0.4, 0.5) is 13.2 Å². The second-order valence-electron chi connectivity index (χ2n) is 5.93. The number of nitrogens with one attached hydrogen (secondary N) is 1. The van der Waals surface area contributed by atoms with E-state index >= 15 is 0 Å². The molecule has 2 nitrogen and oxygen atoms in total. The van der Waals surface area contributed by atoms with Crippen LogP contribution in [0.25, 0.3) is 0 Å². The van der Waals surface area contributed by atoms with E-state index in [1.807, 2.05) is 0 Å². The third-order valence-electron chi connectivity index (χ3n) is 4.60. The maximum absolute atomic E-state index is 13.0. The summed E-state index contributed by atoms with van der Waals surface area (Å²) in [5, 5.41) is 3.28. The molecule has 0 saturated heterocycles. The molecule has 5 heteroatoms. The number of rotatable bonds is 3. The molecule has 1 N–H and O–H groups in total. The lowest BCUT2D eigenvalue weighted by Gasteiger charge is -2.38. The van der Waals surface area contributed by atoms with Gasteiger partial charge >= 0.3 is 6.18 Å². The molecule has 0 radical (unpaired) electrons. The maximum atomic E-state index is 13.0. The van der Waals surface area contributed by atoms with Gasteiger partial charge in [0.25, 0.3) is 0 Å². The first-order chi connectivity index (χ1) is 9.00. The third kappa shape index (κ3) is 4.09. The van der Waals surface area contributed by atoms with Crippen LogP contribution in [0, 0.1) is 5.92 Å². The minimum atomic E-state index is -4.06. The van der Waals surface area contributed by atoms with E-state index in [1.165, 1.54) is 0 Å². The smallest absolute Gasteiger partial charge is 0.381 e. The van der Waals surface area contributed by atoms with Crippen molar-refractivity contribution in [2.45, 2.75) is 75.7 Å². The van der Waals surface area contributed by atoms with Crippen molar-refractivity contribution in [1.82, 2.24) is 5.32 Å². The number of methoxy groups -OCH3 is 1. The fourth-order valence-corrected chi connectivity index (χ4v) is 3.54. The molecule has 2 aliphatic rings. The molecule has 0 aromatic carbocycles. The molecule has 0 aliphatic heterocycles.